The summed E-state index contributed by atoms with van der Waals surface area (Å²) in [7, 11) is 0. The molecule has 1 saturated heterocycles. The van der Waals surface area contributed by atoms with Crippen molar-refractivity contribution < 1.29 is 0 Å². The second-order valence-corrected chi connectivity index (χ2v) is 4.97. The van der Waals surface area contributed by atoms with Gasteiger partial charge in [0.25, 0.3) is 0 Å². The third kappa shape index (κ3) is 1.07. The molecule has 2 atom stereocenters. The van der Waals surface area contributed by atoms with Gasteiger partial charge in [0.1, 0.15) is 0 Å². The molecule has 3 rings (SSSR count). The summed E-state index contributed by atoms with van der Waals surface area (Å²) < 4.78 is 1.07. The van der Waals surface area contributed by atoms with Gasteiger partial charge in [0.15, 0.2) is 0 Å². The van der Waals surface area contributed by atoms with Crippen LogP contribution in [0.2, 0.25) is 0 Å². The minimum absolute atomic E-state index is 0.403. The third-order valence-corrected chi connectivity index (χ3v) is 3.77. The maximum absolute atomic E-state index is 4.49. The van der Waals surface area contributed by atoms with E-state index in [2.05, 4.69) is 38.4 Å². The smallest absolute Gasteiger partial charge is 0.0482 e. The normalized spacial score (nSPS) is 35.9. The maximum Gasteiger partial charge on any atom is 0.0482 e. The molecule has 0 aromatic carbocycles. The molecule has 1 aliphatic carbocycles. The van der Waals surface area contributed by atoms with Crippen molar-refractivity contribution in [2.75, 3.05) is 13.1 Å². The molecule has 3 heteroatoms. The van der Waals surface area contributed by atoms with Gasteiger partial charge in [-0.3, -0.25) is 4.98 Å². The van der Waals surface area contributed by atoms with Gasteiger partial charge in [-0.05, 0) is 46.9 Å². The maximum atomic E-state index is 4.49. The molecule has 0 spiro atoms. The number of halogens is 1. The fourth-order valence-corrected chi connectivity index (χ4v) is 2.64. The van der Waals surface area contributed by atoms with Crippen LogP contribution in [-0.4, -0.2) is 18.1 Å². The summed E-state index contributed by atoms with van der Waals surface area (Å²) in [5, 5.41) is 3.42. The second-order valence-electron chi connectivity index (χ2n) is 4.05. The van der Waals surface area contributed by atoms with Crippen LogP contribution in [-0.2, 0) is 5.41 Å². The molecule has 2 unspecified atom stereocenters. The number of nitrogens with zero attached hydrogens (tertiary/aromatic N) is 1. The van der Waals surface area contributed by atoms with E-state index >= 15 is 0 Å². The first-order valence-corrected chi connectivity index (χ1v) is 5.43. The predicted octanol–water partition coefficient (Wildman–Crippen LogP) is 1.70. The van der Waals surface area contributed by atoms with Gasteiger partial charge in [0, 0.05) is 28.3 Å². The van der Waals surface area contributed by atoms with Gasteiger partial charge < -0.3 is 5.32 Å². The van der Waals surface area contributed by atoms with Gasteiger partial charge in [-0.15, -0.1) is 0 Å². The Kier molecular flexibility index (Phi) is 1.56. The molecule has 0 amide bonds. The first-order valence-electron chi connectivity index (χ1n) is 4.64. The molecule has 2 heterocycles. The molecule has 0 radical (unpaired) electrons. The van der Waals surface area contributed by atoms with Crippen LogP contribution >= 0.6 is 15.9 Å². The summed E-state index contributed by atoms with van der Waals surface area (Å²) in [5.41, 5.74) is 1.67. The Hall–Kier alpha value is -0.410. The Labute approximate surface area is 85.9 Å². The minimum Gasteiger partial charge on any atom is -0.315 e. The molecular formula is C10H11BrN2. The lowest BCUT2D eigenvalue weighted by Crippen LogP contribution is -2.20. The first kappa shape index (κ1) is 7.94. The zero-order valence-electron chi connectivity index (χ0n) is 7.26. The van der Waals surface area contributed by atoms with E-state index in [0.29, 0.717) is 5.41 Å². The summed E-state index contributed by atoms with van der Waals surface area (Å²) in [6, 6.07) is 4.24. The number of hydrogen-bond acceptors (Lipinski definition) is 2. The second kappa shape index (κ2) is 2.55. The topological polar surface area (TPSA) is 24.9 Å². The fraction of sp³-hybridized carbons (Fsp3) is 0.500. The van der Waals surface area contributed by atoms with Gasteiger partial charge in [-0.2, -0.15) is 0 Å². The lowest BCUT2D eigenvalue weighted by molar-refractivity contribution is 0.656. The zero-order valence-corrected chi connectivity index (χ0v) is 8.84. The van der Waals surface area contributed by atoms with Crippen LogP contribution in [0.15, 0.2) is 22.8 Å². The molecule has 2 nitrogen and oxygen atoms in total. The summed E-state index contributed by atoms with van der Waals surface area (Å²) in [5.74, 6) is 0.848. The van der Waals surface area contributed by atoms with Crippen LogP contribution < -0.4 is 5.32 Å². The summed E-state index contributed by atoms with van der Waals surface area (Å²) in [6.07, 6.45) is 3.23. The van der Waals surface area contributed by atoms with Gasteiger partial charge in [0.05, 0.1) is 0 Å². The highest BCUT2D eigenvalue weighted by atomic mass is 79.9. The number of fused-ring (bicyclic) bond motifs is 1. The van der Waals surface area contributed by atoms with Gasteiger partial charge in [0.2, 0.25) is 0 Å². The van der Waals surface area contributed by atoms with Gasteiger partial charge in [-0.1, -0.05) is 0 Å². The number of aromatic nitrogens is 1. The monoisotopic (exact) mass is 238 g/mol. The van der Waals surface area contributed by atoms with E-state index in [1.54, 1.807) is 0 Å². The van der Waals surface area contributed by atoms with E-state index in [9.17, 15) is 0 Å². The van der Waals surface area contributed by atoms with E-state index < -0.39 is 0 Å². The average Bonchev–Trinajstić information content (AvgIpc) is 2.71. The predicted molar refractivity (Wildman–Crippen MR) is 54.6 cm³/mol. The summed E-state index contributed by atoms with van der Waals surface area (Å²) >= 11 is 3.41. The average molecular weight is 239 g/mol. The van der Waals surface area contributed by atoms with Crippen molar-refractivity contribution in [2.24, 2.45) is 5.92 Å². The number of pyridine rings is 1. The van der Waals surface area contributed by atoms with Crippen molar-refractivity contribution in [3.63, 3.8) is 0 Å². The first-order chi connectivity index (χ1) is 6.31. The summed E-state index contributed by atoms with van der Waals surface area (Å²) in [4.78, 5) is 4.49. The summed E-state index contributed by atoms with van der Waals surface area (Å²) in [6.45, 7) is 2.30. The quantitative estimate of drug-likeness (QED) is 0.806. The Morgan fingerprint density at radius 2 is 2.46 bits per heavy atom. The molecule has 13 heavy (non-hydrogen) atoms. The fourth-order valence-electron chi connectivity index (χ4n) is 2.41. The van der Waals surface area contributed by atoms with Crippen molar-refractivity contribution in [1.29, 1.82) is 0 Å². The van der Waals surface area contributed by atoms with Crippen molar-refractivity contribution in [3.05, 3.63) is 28.5 Å². The van der Waals surface area contributed by atoms with E-state index in [1.807, 2.05) is 6.20 Å². The molecule has 0 bridgehead atoms. The Bertz CT molecular complexity index is 335. The van der Waals surface area contributed by atoms with Crippen molar-refractivity contribution in [3.8, 4) is 0 Å². The van der Waals surface area contributed by atoms with Crippen LogP contribution in [0.4, 0.5) is 0 Å². The molecule has 1 aromatic rings. The van der Waals surface area contributed by atoms with Crippen molar-refractivity contribution in [1.82, 2.24) is 10.3 Å². The van der Waals surface area contributed by atoms with Gasteiger partial charge >= 0.3 is 0 Å². The van der Waals surface area contributed by atoms with Crippen LogP contribution in [0.5, 0.6) is 0 Å². The molecule has 1 N–H and O–H groups in total. The number of rotatable bonds is 1. The SMILES string of the molecule is Brc1ccc(C23CNCC2C3)nc1. The van der Waals surface area contributed by atoms with Crippen LogP contribution in [0.25, 0.3) is 0 Å². The Morgan fingerprint density at radius 1 is 1.54 bits per heavy atom. The van der Waals surface area contributed by atoms with Crippen molar-refractivity contribution in [2.45, 2.75) is 11.8 Å². The van der Waals surface area contributed by atoms with Gasteiger partial charge in [-0.25, -0.2) is 0 Å². The zero-order chi connectivity index (χ0) is 8.89. The molecule has 2 fully saturated rings. The van der Waals surface area contributed by atoms with Crippen LogP contribution in [0, 0.1) is 5.92 Å². The third-order valence-electron chi connectivity index (χ3n) is 3.30. The highest BCUT2D eigenvalue weighted by Crippen LogP contribution is 2.55. The van der Waals surface area contributed by atoms with E-state index in [4.69, 9.17) is 0 Å². The van der Waals surface area contributed by atoms with Crippen molar-refractivity contribution >= 4 is 15.9 Å². The molecule has 1 aromatic heterocycles. The van der Waals surface area contributed by atoms with E-state index in [-0.39, 0.29) is 0 Å². The molecule has 1 aliphatic heterocycles. The number of hydrogen-bond donors (Lipinski definition) is 1. The largest absolute Gasteiger partial charge is 0.315 e. The van der Waals surface area contributed by atoms with E-state index in [1.165, 1.54) is 18.7 Å². The Morgan fingerprint density at radius 3 is 3.00 bits per heavy atom. The highest BCUT2D eigenvalue weighted by Gasteiger charge is 2.58. The van der Waals surface area contributed by atoms with E-state index in [0.717, 1.165) is 16.9 Å². The molecule has 1 saturated carbocycles. The van der Waals surface area contributed by atoms with Crippen LogP contribution in [0.3, 0.4) is 0 Å². The highest BCUT2D eigenvalue weighted by molar-refractivity contribution is 9.10. The lowest BCUT2D eigenvalue weighted by Gasteiger charge is -2.10. The number of piperidine rings is 1. The standard InChI is InChI=1S/C10H11BrN2/c11-8-1-2-9(13-5-8)10-3-7(10)4-12-6-10/h1-2,5,7,12H,3-4,6H2. The molecule has 68 valence electrons. The van der Waals surface area contributed by atoms with Crippen LogP contribution in [0.1, 0.15) is 12.1 Å². The minimum atomic E-state index is 0.403. The Balaban J connectivity index is 1.97. The molecular weight excluding hydrogens is 228 g/mol. The lowest BCUT2D eigenvalue weighted by atomic mass is 10.0. The number of nitrogens with one attached hydrogen (secondary N) is 1. The molecule has 2 aliphatic rings.